The fourth-order valence-electron chi connectivity index (χ4n) is 3.30. The molecule has 2 aromatic carbocycles. The third-order valence-electron chi connectivity index (χ3n) is 4.91. The third-order valence-corrected chi connectivity index (χ3v) is 4.91. The molecule has 0 spiro atoms. The number of imide groups is 1. The molecule has 1 aliphatic rings. The SMILES string of the molecule is O=C(COC(=O)c1ccc2c(c1)C(=O)N(Cc1ccco1)C2=O)Nc1cccc(C(F)(F)F)c1. The third kappa shape index (κ3) is 4.68. The Labute approximate surface area is 189 Å². The molecule has 11 heteroatoms. The van der Waals surface area contributed by atoms with Gasteiger partial charge in [-0.05, 0) is 48.5 Å². The predicted molar refractivity (Wildman–Crippen MR) is 110 cm³/mol. The van der Waals surface area contributed by atoms with Gasteiger partial charge >= 0.3 is 12.1 Å². The Bertz CT molecular complexity index is 1280. The number of rotatable bonds is 6. The van der Waals surface area contributed by atoms with E-state index in [9.17, 15) is 32.3 Å². The number of nitrogens with one attached hydrogen (secondary N) is 1. The van der Waals surface area contributed by atoms with Crippen molar-refractivity contribution in [1.29, 1.82) is 0 Å². The van der Waals surface area contributed by atoms with Crippen molar-refractivity contribution < 1.29 is 41.5 Å². The second-order valence-electron chi connectivity index (χ2n) is 7.24. The van der Waals surface area contributed by atoms with Gasteiger partial charge in [0.25, 0.3) is 17.7 Å². The van der Waals surface area contributed by atoms with Gasteiger partial charge in [-0.1, -0.05) is 6.07 Å². The van der Waals surface area contributed by atoms with Crippen LogP contribution in [0.15, 0.2) is 65.3 Å². The van der Waals surface area contributed by atoms with E-state index in [-0.39, 0.29) is 28.9 Å². The second-order valence-corrected chi connectivity index (χ2v) is 7.24. The molecule has 8 nitrogen and oxygen atoms in total. The Balaban J connectivity index is 1.39. The zero-order chi connectivity index (χ0) is 24.5. The van der Waals surface area contributed by atoms with Gasteiger partial charge in [0.15, 0.2) is 6.61 Å². The molecule has 174 valence electrons. The van der Waals surface area contributed by atoms with Gasteiger partial charge in [0.05, 0.1) is 35.1 Å². The fraction of sp³-hybridized carbons (Fsp3) is 0.130. The zero-order valence-corrected chi connectivity index (χ0v) is 17.2. The smallest absolute Gasteiger partial charge is 0.416 e. The lowest BCUT2D eigenvalue weighted by atomic mass is 10.1. The molecule has 0 atom stereocenters. The van der Waals surface area contributed by atoms with Gasteiger partial charge in [0.2, 0.25) is 0 Å². The van der Waals surface area contributed by atoms with Crippen molar-refractivity contribution in [3.05, 3.63) is 88.9 Å². The molecule has 3 amide bonds. The number of carbonyl (C=O) groups is 4. The van der Waals surface area contributed by atoms with Crippen LogP contribution < -0.4 is 5.32 Å². The van der Waals surface area contributed by atoms with E-state index in [4.69, 9.17) is 9.15 Å². The van der Waals surface area contributed by atoms with Crippen molar-refractivity contribution in [2.75, 3.05) is 11.9 Å². The van der Waals surface area contributed by atoms with Gasteiger partial charge in [0.1, 0.15) is 5.76 Å². The lowest BCUT2D eigenvalue weighted by Crippen LogP contribution is -2.28. The Kier molecular flexibility index (Phi) is 5.93. The summed E-state index contributed by atoms with van der Waals surface area (Å²) >= 11 is 0. The minimum Gasteiger partial charge on any atom is -0.467 e. The maximum atomic E-state index is 12.8. The minimum atomic E-state index is -4.58. The summed E-state index contributed by atoms with van der Waals surface area (Å²) in [5, 5.41) is 2.21. The number of fused-ring (bicyclic) bond motifs is 1. The van der Waals surface area contributed by atoms with Crippen LogP contribution in [0.1, 0.15) is 42.4 Å². The van der Waals surface area contributed by atoms with Crippen LogP contribution in [-0.2, 0) is 22.3 Å². The van der Waals surface area contributed by atoms with Gasteiger partial charge in [-0.25, -0.2) is 4.79 Å². The van der Waals surface area contributed by atoms with Crippen LogP contribution in [0.5, 0.6) is 0 Å². The number of ether oxygens (including phenoxy) is 1. The van der Waals surface area contributed by atoms with E-state index in [0.717, 1.165) is 23.1 Å². The monoisotopic (exact) mass is 472 g/mol. The van der Waals surface area contributed by atoms with E-state index in [0.29, 0.717) is 5.76 Å². The molecule has 1 N–H and O–H groups in total. The maximum Gasteiger partial charge on any atom is 0.416 e. The average molecular weight is 472 g/mol. The van der Waals surface area contributed by atoms with E-state index in [2.05, 4.69) is 5.32 Å². The van der Waals surface area contributed by atoms with Crippen molar-refractivity contribution in [3.63, 3.8) is 0 Å². The molecule has 0 saturated carbocycles. The van der Waals surface area contributed by atoms with Crippen molar-refractivity contribution in [2.24, 2.45) is 0 Å². The number of alkyl halides is 3. The highest BCUT2D eigenvalue weighted by atomic mass is 19.4. The quantitative estimate of drug-likeness (QED) is 0.431. The highest BCUT2D eigenvalue weighted by molar-refractivity contribution is 6.21. The highest BCUT2D eigenvalue weighted by Gasteiger charge is 2.36. The number of furan rings is 1. The largest absolute Gasteiger partial charge is 0.467 e. The standard InChI is InChI=1S/C23H15F3N2O6/c24-23(25,26)14-3-1-4-15(10-14)27-19(29)12-34-22(32)13-6-7-17-18(9-13)21(31)28(20(17)30)11-16-5-2-8-33-16/h1-10H,11-12H2,(H,27,29). The van der Waals surface area contributed by atoms with Gasteiger partial charge in [0, 0.05) is 5.69 Å². The number of anilines is 1. The molecule has 3 aromatic rings. The first kappa shape index (κ1) is 22.8. The van der Waals surface area contributed by atoms with Gasteiger partial charge in [-0.3, -0.25) is 19.3 Å². The molecular formula is C23H15F3N2O6. The average Bonchev–Trinajstić information content (AvgIpc) is 3.40. The number of esters is 1. The van der Waals surface area contributed by atoms with Crippen LogP contribution in [0.4, 0.5) is 18.9 Å². The molecule has 34 heavy (non-hydrogen) atoms. The first-order valence-corrected chi connectivity index (χ1v) is 9.80. The normalized spacial score (nSPS) is 13.1. The lowest BCUT2D eigenvalue weighted by Gasteiger charge is -2.11. The number of nitrogens with zero attached hydrogens (tertiary/aromatic N) is 1. The number of halogens is 3. The summed E-state index contributed by atoms with van der Waals surface area (Å²) in [4.78, 5) is 50.5. The van der Waals surface area contributed by atoms with Crippen LogP contribution in [0.2, 0.25) is 0 Å². The Morgan fingerprint density at radius 1 is 0.971 bits per heavy atom. The van der Waals surface area contributed by atoms with Crippen LogP contribution in [0.3, 0.4) is 0 Å². The number of hydrogen-bond acceptors (Lipinski definition) is 6. The lowest BCUT2D eigenvalue weighted by molar-refractivity contribution is -0.137. The molecule has 0 unspecified atom stereocenters. The second kappa shape index (κ2) is 8.85. The molecule has 0 saturated heterocycles. The van der Waals surface area contributed by atoms with Crippen molar-refractivity contribution in [3.8, 4) is 0 Å². The predicted octanol–water partition coefficient (Wildman–Crippen LogP) is 3.89. The van der Waals surface area contributed by atoms with Crippen molar-refractivity contribution in [1.82, 2.24) is 4.90 Å². The summed E-state index contributed by atoms with van der Waals surface area (Å²) in [6.07, 6.45) is -3.17. The van der Waals surface area contributed by atoms with Gasteiger partial charge in [-0.2, -0.15) is 13.2 Å². The molecular weight excluding hydrogens is 457 g/mol. The number of benzene rings is 2. The van der Waals surface area contributed by atoms with E-state index in [1.54, 1.807) is 12.1 Å². The topological polar surface area (TPSA) is 106 Å². The summed E-state index contributed by atoms with van der Waals surface area (Å²) in [5.41, 5.74) is -1.03. The molecule has 2 heterocycles. The van der Waals surface area contributed by atoms with E-state index >= 15 is 0 Å². The first-order chi connectivity index (χ1) is 16.1. The Hall–Kier alpha value is -4.41. The molecule has 4 rings (SSSR count). The number of amides is 3. The summed E-state index contributed by atoms with van der Waals surface area (Å²) < 4.78 is 48.4. The summed E-state index contributed by atoms with van der Waals surface area (Å²) in [6.45, 7) is -0.849. The molecule has 0 aliphatic carbocycles. The molecule has 0 fully saturated rings. The molecule has 1 aliphatic heterocycles. The van der Waals surface area contributed by atoms with E-state index < -0.39 is 42.0 Å². The Morgan fingerprint density at radius 2 is 1.74 bits per heavy atom. The van der Waals surface area contributed by atoms with E-state index in [1.807, 2.05) is 0 Å². The summed E-state index contributed by atoms with van der Waals surface area (Å²) in [6, 6.07) is 11.0. The minimum absolute atomic E-state index is 0.000534. The highest BCUT2D eigenvalue weighted by Crippen LogP contribution is 2.30. The van der Waals surface area contributed by atoms with Crippen LogP contribution in [-0.4, -0.2) is 35.2 Å². The van der Waals surface area contributed by atoms with E-state index in [1.165, 1.54) is 30.5 Å². The zero-order valence-electron chi connectivity index (χ0n) is 17.2. The fourth-order valence-corrected chi connectivity index (χ4v) is 3.30. The van der Waals surface area contributed by atoms with Crippen LogP contribution in [0.25, 0.3) is 0 Å². The first-order valence-electron chi connectivity index (χ1n) is 9.80. The summed E-state index contributed by atoms with van der Waals surface area (Å²) in [7, 11) is 0. The van der Waals surface area contributed by atoms with Crippen LogP contribution >= 0.6 is 0 Å². The van der Waals surface area contributed by atoms with Crippen molar-refractivity contribution in [2.45, 2.75) is 12.7 Å². The number of hydrogen-bond donors (Lipinski definition) is 1. The van der Waals surface area contributed by atoms with Crippen molar-refractivity contribution >= 4 is 29.4 Å². The maximum absolute atomic E-state index is 12.8. The molecule has 0 radical (unpaired) electrons. The number of carbonyl (C=O) groups excluding carboxylic acids is 4. The van der Waals surface area contributed by atoms with Gasteiger partial charge in [-0.15, -0.1) is 0 Å². The molecule has 1 aromatic heterocycles. The Morgan fingerprint density at radius 3 is 2.44 bits per heavy atom. The van der Waals surface area contributed by atoms with Gasteiger partial charge < -0.3 is 14.5 Å². The van der Waals surface area contributed by atoms with Crippen LogP contribution in [0, 0.1) is 0 Å². The summed E-state index contributed by atoms with van der Waals surface area (Å²) in [5.74, 6) is -2.57. The molecule has 0 bridgehead atoms.